The van der Waals surface area contributed by atoms with Gasteiger partial charge in [0, 0.05) is 10.8 Å². The predicted octanol–water partition coefficient (Wildman–Crippen LogP) is 3.10. The molecule has 0 aromatic heterocycles. The summed E-state index contributed by atoms with van der Waals surface area (Å²) >= 11 is 7.20. The van der Waals surface area contributed by atoms with Crippen LogP contribution in [0.2, 0.25) is 5.02 Å². The highest BCUT2D eigenvalue weighted by atomic mass is 35.5. The topological polar surface area (TPSA) is 57.6 Å². The summed E-state index contributed by atoms with van der Waals surface area (Å²) in [5.41, 5.74) is -0.193. The summed E-state index contributed by atoms with van der Waals surface area (Å²) in [4.78, 5) is 25.2. The number of halogens is 2. The van der Waals surface area contributed by atoms with E-state index in [0.29, 0.717) is 5.75 Å². The molecule has 0 spiro atoms. The number of amides is 1. The molecule has 1 amide bonds. The highest BCUT2D eigenvalue weighted by Crippen LogP contribution is 2.35. The number of nitrogens with zero attached hydrogens (tertiary/aromatic N) is 1. The molecule has 1 heterocycles. The highest BCUT2D eigenvalue weighted by molar-refractivity contribution is 8.00. The Bertz CT molecular complexity index is 581. The maximum atomic E-state index is 13.9. The first-order valence-electron chi connectivity index (χ1n) is 6.45. The Kier molecular flexibility index (Phi) is 4.78. The van der Waals surface area contributed by atoms with Gasteiger partial charge in [-0.1, -0.05) is 25.4 Å². The van der Waals surface area contributed by atoms with Crippen LogP contribution in [0.1, 0.15) is 24.2 Å². The third-order valence-corrected chi connectivity index (χ3v) is 5.14. The predicted molar refractivity (Wildman–Crippen MR) is 80.1 cm³/mol. The van der Waals surface area contributed by atoms with Crippen molar-refractivity contribution >= 4 is 35.2 Å². The zero-order valence-electron chi connectivity index (χ0n) is 11.5. The molecule has 2 atom stereocenters. The minimum atomic E-state index is -1.08. The monoisotopic (exact) mass is 331 g/mol. The molecule has 1 aliphatic rings. The zero-order valence-corrected chi connectivity index (χ0v) is 13.1. The second-order valence-corrected chi connectivity index (χ2v) is 6.74. The van der Waals surface area contributed by atoms with Crippen molar-refractivity contribution in [2.75, 3.05) is 5.75 Å². The third kappa shape index (κ3) is 3.16. The van der Waals surface area contributed by atoms with Crippen molar-refractivity contribution < 1.29 is 19.1 Å². The molecule has 1 fully saturated rings. The van der Waals surface area contributed by atoms with E-state index in [0.717, 1.165) is 6.07 Å². The smallest absolute Gasteiger partial charge is 0.327 e. The van der Waals surface area contributed by atoms with Gasteiger partial charge in [-0.05, 0) is 24.1 Å². The summed E-state index contributed by atoms with van der Waals surface area (Å²) in [5.74, 6) is -2.06. The first-order valence-corrected chi connectivity index (χ1v) is 7.87. The maximum Gasteiger partial charge on any atom is 0.327 e. The van der Waals surface area contributed by atoms with Gasteiger partial charge in [-0.2, -0.15) is 0 Å². The Labute approximate surface area is 131 Å². The van der Waals surface area contributed by atoms with E-state index in [4.69, 9.17) is 11.6 Å². The second kappa shape index (κ2) is 6.23. The molecule has 1 N–H and O–H groups in total. The van der Waals surface area contributed by atoms with E-state index in [9.17, 15) is 19.1 Å². The molecular weight excluding hydrogens is 317 g/mol. The molecule has 1 aromatic rings. The molecule has 0 aliphatic carbocycles. The fourth-order valence-corrected chi connectivity index (χ4v) is 3.93. The molecule has 2 unspecified atom stereocenters. The lowest BCUT2D eigenvalue weighted by atomic mass is 10.1. The molecular formula is C14H15ClFNO3S. The standard InChI is InChI=1S/C14H15ClFNO3S/c1-7(2)13-17(11(6-21-13)14(19)20)12(18)9-5-8(15)3-4-10(9)16/h3-5,7,11,13H,6H2,1-2H3,(H,19,20). The quantitative estimate of drug-likeness (QED) is 0.924. The van der Waals surface area contributed by atoms with Crippen molar-refractivity contribution in [1.82, 2.24) is 4.90 Å². The molecule has 0 radical (unpaired) electrons. The van der Waals surface area contributed by atoms with E-state index >= 15 is 0 Å². The van der Waals surface area contributed by atoms with Gasteiger partial charge in [-0.25, -0.2) is 9.18 Å². The van der Waals surface area contributed by atoms with Gasteiger partial charge in [0.25, 0.3) is 5.91 Å². The number of thioether (sulfide) groups is 1. The largest absolute Gasteiger partial charge is 0.480 e. The van der Waals surface area contributed by atoms with E-state index in [1.165, 1.54) is 28.8 Å². The van der Waals surface area contributed by atoms with Crippen molar-refractivity contribution in [2.24, 2.45) is 5.92 Å². The number of benzene rings is 1. The fraction of sp³-hybridized carbons (Fsp3) is 0.429. The summed E-state index contributed by atoms with van der Waals surface area (Å²) in [6, 6.07) is 2.74. The lowest BCUT2D eigenvalue weighted by molar-refractivity contribution is -0.141. The number of carbonyl (C=O) groups is 2. The maximum absolute atomic E-state index is 13.9. The molecule has 1 aliphatic heterocycles. The Balaban J connectivity index is 2.41. The molecule has 0 bridgehead atoms. The van der Waals surface area contributed by atoms with Crippen LogP contribution < -0.4 is 0 Å². The minimum absolute atomic E-state index is 0.0607. The van der Waals surface area contributed by atoms with Gasteiger partial charge in [0.1, 0.15) is 11.9 Å². The summed E-state index contributed by atoms with van der Waals surface area (Å²) in [6.07, 6.45) is 0. The average Bonchev–Trinajstić information content (AvgIpc) is 2.85. The Morgan fingerprint density at radius 2 is 2.14 bits per heavy atom. The Hall–Kier alpha value is -1.27. The van der Waals surface area contributed by atoms with E-state index in [1.807, 2.05) is 13.8 Å². The van der Waals surface area contributed by atoms with E-state index < -0.39 is 23.7 Å². The lowest BCUT2D eigenvalue weighted by Gasteiger charge is -2.29. The Morgan fingerprint density at radius 1 is 1.48 bits per heavy atom. The number of carboxylic acids is 1. The van der Waals surface area contributed by atoms with Crippen molar-refractivity contribution in [2.45, 2.75) is 25.3 Å². The molecule has 0 saturated carbocycles. The SMILES string of the molecule is CC(C)C1SCC(C(=O)O)N1C(=O)c1cc(Cl)ccc1F. The van der Waals surface area contributed by atoms with E-state index in [2.05, 4.69) is 0 Å². The number of hydrogen-bond donors (Lipinski definition) is 1. The van der Waals surface area contributed by atoms with Crippen molar-refractivity contribution in [3.05, 3.63) is 34.6 Å². The summed E-state index contributed by atoms with van der Waals surface area (Å²) in [7, 11) is 0. The van der Waals surface area contributed by atoms with Gasteiger partial charge in [-0.15, -0.1) is 11.8 Å². The van der Waals surface area contributed by atoms with Crippen LogP contribution in [-0.4, -0.2) is 39.1 Å². The van der Waals surface area contributed by atoms with Crippen LogP contribution in [0, 0.1) is 11.7 Å². The fourth-order valence-electron chi connectivity index (χ4n) is 2.29. The molecule has 2 rings (SSSR count). The van der Waals surface area contributed by atoms with Crippen LogP contribution in [0.25, 0.3) is 0 Å². The number of hydrogen-bond acceptors (Lipinski definition) is 3. The van der Waals surface area contributed by atoms with Crippen LogP contribution in [0.15, 0.2) is 18.2 Å². The van der Waals surface area contributed by atoms with Crippen molar-refractivity contribution in [3.63, 3.8) is 0 Å². The molecule has 4 nitrogen and oxygen atoms in total. The van der Waals surface area contributed by atoms with Gasteiger partial charge >= 0.3 is 5.97 Å². The second-order valence-electron chi connectivity index (χ2n) is 5.16. The average molecular weight is 332 g/mol. The number of rotatable bonds is 3. The first kappa shape index (κ1) is 16.1. The van der Waals surface area contributed by atoms with Gasteiger partial charge in [-0.3, -0.25) is 4.79 Å². The van der Waals surface area contributed by atoms with Crippen LogP contribution in [-0.2, 0) is 4.79 Å². The van der Waals surface area contributed by atoms with Crippen LogP contribution in [0.4, 0.5) is 4.39 Å². The lowest BCUT2D eigenvalue weighted by Crippen LogP contribution is -2.47. The van der Waals surface area contributed by atoms with E-state index in [-0.39, 0.29) is 21.9 Å². The third-order valence-electron chi connectivity index (χ3n) is 3.28. The molecule has 1 aromatic carbocycles. The Morgan fingerprint density at radius 3 is 2.71 bits per heavy atom. The highest BCUT2D eigenvalue weighted by Gasteiger charge is 2.43. The van der Waals surface area contributed by atoms with Gasteiger partial charge < -0.3 is 10.0 Å². The van der Waals surface area contributed by atoms with Crippen LogP contribution >= 0.6 is 23.4 Å². The summed E-state index contributed by atoms with van der Waals surface area (Å²) in [5, 5.41) is 9.22. The first-order chi connectivity index (χ1) is 9.82. The normalized spacial score (nSPS) is 21.9. The van der Waals surface area contributed by atoms with Crippen molar-refractivity contribution in [1.29, 1.82) is 0 Å². The summed E-state index contributed by atoms with van der Waals surface area (Å²) < 4.78 is 13.9. The van der Waals surface area contributed by atoms with Gasteiger partial charge in [0.15, 0.2) is 0 Å². The minimum Gasteiger partial charge on any atom is -0.480 e. The van der Waals surface area contributed by atoms with Gasteiger partial charge in [0.05, 0.1) is 10.9 Å². The summed E-state index contributed by atoms with van der Waals surface area (Å²) in [6.45, 7) is 3.80. The van der Waals surface area contributed by atoms with Crippen LogP contribution in [0.3, 0.4) is 0 Å². The van der Waals surface area contributed by atoms with Crippen LogP contribution in [0.5, 0.6) is 0 Å². The molecule has 21 heavy (non-hydrogen) atoms. The van der Waals surface area contributed by atoms with Gasteiger partial charge in [0.2, 0.25) is 0 Å². The molecule has 114 valence electrons. The molecule has 7 heteroatoms. The van der Waals surface area contributed by atoms with Crippen molar-refractivity contribution in [3.8, 4) is 0 Å². The van der Waals surface area contributed by atoms with E-state index in [1.54, 1.807) is 0 Å². The number of carboxylic acid groups (broad SMARTS) is 1. The number of aliphatic carboxylic acids is 1. The zero-order chi connectivity index (χ0) is 15.7. The number of carbonyl (C=O) groups excluding carboxylic acids is 1. The molecule has 1 saturated heterocycles.